The minimum absolute atomic E-state index is 0.0595. The number of rotatable bonds is 5. The van der Waals surface area contributed by atoms with Crippen LogP contribution in [0.2, 0.25) is 0 Å². The van der Waals surface area contributed by atoms with Crippen molar-refractivity contribution < 1.29 is 4.79 Å². The number of aryl methyl sites for hydroxylation is 1. The molecule has 1 N–H and O–H groups in total. The Labute approximate surface area is 197 Å². The van der Waals surface area contributed by atoms with Crippen LogP contribution in [0.3, 0.4) is 0 Å². The first-order valence-electron chi connectivity index (χ1n) is 11.5. The quantitative estimate of drug-likeness (QED) is 0.229. The van der Waals surface area contributed by atoms with Crippen LogP contribution in [0.15, 0.2) is 97.1 Å². The zero-order valence-corrected chi connectivity index (χ0v) is 18.8. The molecule has 0 bridgehead atoms. The Kier molecular flexibility index (Phi) is 4.84. The van der Waals surface area contributed by atoms with Crippen molar-refractivity contribution in [2.45, 2.75) is 13.5 Å². The van der Waals surface area contributed by atoms with Gasteiger partial charge in [-0.15, -0.1) is 0 Å². The van der Waals surface area contributed by atoms with Crippen molar-refractivity contribution >= 4 is 50.3 Å². The third kappa shape index (κ3) is 3.32. The smallest absolute Gasteiger partial charge is 0.196 e. The number of aromatic amines is 1. The van der Waals surface area contributed by atoms with Gasteiger partial charge in [-0.25, -0.2) is 4.98 Å². The lowest BCUT2D eigenvalue weighted by Crippen LogP contribution is -2.04. The SMILES string of the molecule is CCn1c2ccccc2c2cc(C=C(C(=O)c3ccccc3)c3nc4ccccc4[nH]3)ccc21. The molecule has 2 aromatic heterocycles. The van der Waals surface area contributed by atoms with Crippen molar-refractivity contribution in [3.63, 3.8) is 0 Å². The molecule has 2 heterocycles. The highest BCUT2D eigenvalue weighted by Gasteiger charge is 2.18. The van der Waals surface area contributed by atoms with Crippen LogP contribution in [0.4, 0.5) is 0 Å². The second-order valence-corrected chi connectivity index (χ2v) is 8.39. The molecular weight excluding hydrogens is 418 g/mol. The molecule has 164 valence electrons. The molecule has 0 saturated heterocycles. The van der Waals surface area contributed by atoms with E-state index in [-0.39, 0.29) is 5.78 Å². The monoisotopic (exact) mass is 441 g/mol. The lowest BCUT2D eigenvalue weighted by molar-refractivity contribution is 0.105. The topological polar surface area (TPSA) is 50.7 Å². The number of carbonyl (C=O) groups excluding carboxylic acids is 1. The molecule has 4 nitrogen and oxygen atoms in total. The molecule has 0 aliphatic rings. The number of hydrogen-bond donors (Lipinski definition) is 1. The average Bonchev–Trinajstić information content (AvgIpc) is 3.46. The fourth-order valence-corrected chi connectivity index (χ4v) is 4.74. The van der Waals surface area contributed by atoms with E-state index in [2.05, 4.69) is 58.9 Å². The lowest BCUT2D eigenvalue weighted by Gasteiger charge is -2.06. The van der Waals surface area contributed by atoms with Crippen LogP contribution in [0.1, 0.15) is 28.7 Å². The summed E-state index contributed by atoms with van der Waals surface area (Å²) in [4.78, 5) is 21.7. The van der Waals surface area contributed by atoms with Gasteiger partial charge in [-0.3, -0.25) is 4.79 Å². The van der Waals surface area contributed by atoms with E-state index < -0.39 is 0 Å². The van der Waals surface area contributed by atoms with Gasteiger partial charge in [0.1, 0.15) is 5.82 Å². The number of nitrogens with one attached hydrogen (secondary N) is 1. The highest BCUT2D eigenvalue weighted by molar-refractivity contribution is 6.32. The van der Waals surface area contributed by atoms with Gasteiger partial charge in [0.2, 0.25) is 0 Å². The zero-order valence-electron chi connectivity index (χ0n) is 18.8. The Bertz CT molecular complexity index is 1670. The van der Waals surface area contributed by atoms with Crippen LogP contribution < -0.4 is 0 Å². The third-order valence-corrected chi connectivity index (χ3v) is 6.35. The number of nitrogens with zero attached hydrogens (tertiary/aromatic N) is 2. The number of carbonyl (C=O) groups is 1. The summed E-state index contributed by atoms with van der Waals surface area (Å²) in [6.07, 6.45) is 1.95. The number of allylic oxidation sites excluding steroid dienone is 1. The molecule has 34 heavy (non-hydrogen) atoms. The van der Waals surface area contributed by atoms with E-state index in [1.807, 2.05) is 60.7 Å². The summed E-state index contributed by atoms with van der Waals surface area (Å²) in [7, 11) is 0. The summed E-state index contributed by atoms with van der Waals surface area (Å²) < 4.78 is 2.33. The molecule has 0 amide bonds. The molecule has 0 radical (unpaired) electrons. The van der Waals surface area contributed by atoms with Gasteiger partial charge in [0.15, 0.2) is 5.78 Å². The summed E-state index contributed by atoms with van der Waals surface area (Å²) in [6.45, 7) is 3.06. The fourth-order valence-electron chi connectivity index (χ4n) is 4.74. The first-order valence-corrected chi connectivity index (χ1v) is 11.5. The minimum Gasteiger partial charge on any atom is -0.341 e. The maximum Gasteiger partial charge on any atom is 0.196 e. The number of hydrogen-bond acceptors (Lipinski definition) is 2. The minimum atomic E-state index is -0.0595. The van der Waals surface area contributed by atoms with Crippen LogP contribution in [0.5, 0.6) is 0 Å². The van der Waals surface area contributed by atoms with Gasteiger partial charge in [-0.1, -0.05) is 66.7 Å². The van der Waals surface area contributed by atoms with E-state index in [1.54, 1.807) is 0 Å². The predicted molar refractivity (Wildman–Crippen MR) is 140 cm³/mol. The molecule has 0 spiro atoms. The lowest BCUT2D eigenvalue weighted by atomic mass is 9.99. The van der Waals surface area contributed by atoms with E-state index in [0.717, 1.165) is 23.1 Å². The number of Topliss-reactive ketones (excluding diaryl/α,β-unsaturated/α-hetero) is 1. The zero-order chi connectivity index (χ0) is 23.1. The molecule has 0 aliphatic carbocycles. The normalized spacial score (nSPS) is 12.1. The highest BCUT2D eigenvalue weighted by atomic mass is 16.1. The Morgan fingerprint density at radius 1 is 0.853 bits per heavy atom. The number of aromatic nitrogens is 3. The average molecular weight is 442 g/mol. The maximum atomic E-state index is 13.6. The van der Waals surface area contributed by atoms with E-state index in [0.29, 0.717) is 17.0 Å². The molecule has 4 heteroatoms. The van der Waals surface area contributed by atoms with Crippen molar-refractivity contribution in [3.05, 3.63) is 114 Å². The number of para-hydroxylation sites is 3. The Morgan fingerprint density at radius 3 is 2.41 bits per heavy atom. The van der Waals surface area contributed by atoms with Gasteiger partial charge in [0.25, 0.3) is 0 Å². The summed E-state index contributed by atoms with van der Waals surface area (Å²) in [5, 5.41) is 2.40. The summed E-state index contributed by atoms with van der Waals surface area (Å²) in [6, 6.07) is 32.1. The molecule has 0 atom stereocenters. The van der Waals surface area contributed by atoms with Crippen molar-refractivity contribution in [2.24, 2.45) is 0 Å². The van der Waals surface area contributed by atoms with Crippen molar-refractivity contribution in [1.29, 1.82) is 0 Å². The van der Waals surface area contributed by atoms with Crippen LogP contribution in [0, 0.1) is 0 Å². The van der Waals surface area contributed by atoms with Crippen molar-refractivity contribution in [1.82, 2.24) is 14.5 Å². The van der Waals surface area contributed by atoms with E-state index in [1.165, 1.54) is 21.8 Å². The van der Waals surface area contributed by atoms with Crippen LogP contribution >= 0.6 is 0 Å². The summed E-state index contributed by atoms with van der Waals surface area (Å²) >= 11 is 0. The van der Waals surface area contributed by atoms with E-state index >= 15 is 0 Å². The molecule has 6 rings (SSSR count). The first-order chi connectivity index (χ1) is 16.7. The Morgan fingerprint density at radius 2 is 1.59 bits per heavy atom. The van der Waals surface area contributed by atoms with Crippen LogP contribution in [-0.4, -0.2) is 20.3 Å². The van der Waals surface area contributed by atoms with Gasteiger partial charge < -0.3 is 9.55 Å². The van der Waals surface area contributed by atoms with Crippen molar-refractivity contribution in [3.8, 4) is 0 Å². The molecule has 0 aliphatic heterocycles. The van der Waals surface area contributed by atoms with Crippen LogP contribution in [0.25, 0.3) is 44.5 Å². The first kappa shape index (κ1) is 20.2. The Hall–Kier alpha value is -4.44. The standard InChI is InChI=1S/C30H23N3O/c1-2-33-27-15-9-6-12-22(27)23-18-20(16-17-28(23)33)19-24(29(34)21-10-4-3-5-11-21)30-31-25-13-7-8-14-26(25)32-30/h3-19H,2H2,1H3,(H,31,32). The summed E-state index contributed by atoms with van der Waals surface area (Å²) in [5.41, 5.74) is 6.31. The molecule has 0 fully saturated rings. The molecule has 0 saturated carbocycles. The third-order valence-electron chi connectivity index (χ3n) is 6.35. The maximum absolute atomic E-state index is 13.6. The fraction of sp³-hybridized carbons (Fsp3) is 0.0667. The largest absolute Gasteiger partial charge is 0.341 e. The van der Waals surface area contributed by atoms with Gasteiger partial charge in [0, 0.05) is 33.9 Å². The van der Waals surface area contributed by atoms with E-state index in [9.17, 15) is 4.79 Å². The molecular formula is C30H23N3O. The molecule has 0 unspecified atom stereocenters. The summed E-state index contributed by atoms with van der Waals surface area (Å²) in [5.74, 6) is 0.516. The number of H-pyrrole nitrogens is 1. The highest BCUT2D eigenvalue weighted by Crippen LogP contribution is 2.31. The number of imidazole rings is 1. The number of ketones is 1. The van der Waals surface area contributed by atoms with Gasteiger partial charge in [0.05, 0.1) is 16.6 Å². The molecule has 6 aromatic rings. The van der Waals surface area contributed by atoms with Crippen LogP contribution in [-0.2, 0) is 6.54 Å². The Balaban J connectivity index is 1.56. The van der Waals surface area contributed by atoms with Gasteiger partial charge >= 0.3 is 0 Å². The second-order valence-electron chi connectivity index (χ2n) is 8.39. The van der Waals surface area contributed by atoms with Gasteiger partial charge in [-0.2, -0.15) is 0 Å². The molecule has 4 aromatic carbocycles. The van der Waals surface area contributed by atoms with Gasteiger partial charge in [-0.05, 0) is 48.9 Å². The second kappa shape index (κ2) is 8.16. The number of benzene rings is 4. The predicted octanol–water partition coefficient (Wildman–Crippen LogP) is 7.11. The van der Waals surface area contributed by atoms with Crippen molar-refractivity contribution in [2.75, 3.05) is 0 Å². The number of fused-ring (bicyclic) bond motifs is 4. The van der Waals surface area contributed by atoms with E-state index in [4.69, 9.17) is 4.98 Å².